The first-order valence-corrected chi connectivity index (χ1v) is 9.42. The molecule has 2 heterocycles. The van der Waals surface area contributed by atoms with Crippen LogP contribution in [-0.2, 0) is 9.47 Å². The van der Waals surface area contributed by atoms with E-state index in [1.165, 1.54) is 0 Å². The van der Waals surface area contributed by atoms with E-state index in [0.717, 1.165) is 5.69 Å². The van der Waals surface area contributed by atoms with Crippen molar-refractivity contribution in [2.24, 2.45) is 0 Å². The van der Waals surface area contributed by atoms with E-state index in [1.807, 2.05) is 35.0 Å². The number of hydrogen-bond donors (Lipinski definition) is 0. The number of aromatic nitrogens is 3. The summed E-state index contributed by atoms with van der Waals surface area (Å²) in [6.07, 6.45) is 5.18. The Morgan fingerprint density at radius 1 is 0.968 bits per heavy atom. The van der Waals surface area contributed by atoms with Gasteiger partial charge in [0.1, 0.15) is 0 Å². The molecule has 3 aromatic rings. The summed E-state index contributed by atoms with van der Waals surface area (Å²) in [4.78, 5) is 34.1. The van der Waals surface area contributed by atoms with Gasteiger partial charge >= 0.3 is 11.9 Å². The molecule has 1 aromatic carbocycles. The zero-order chi connectivity index (χ0) is 21.0. The Labute approximate surface area is 193 Å². The predicted molar refractivity (Wildman–Crippen MR) is 123 cm³/mol. The van der Waals surface area contributed by atoms with Crippen LogP contribution in [0.3, 0.4) is 0 Å². The van der Waals surface area contributed by atoms with Crippen molar-refractivity contribution >= 4 is 36.8 Å². The van der Waals surface area contributed by atoms with Gasteiger partial charge in [-0.2, -0.15) is 0 Å². The SMILES string of the molecule is CCOC(=O)c1c(C)nc(C)c(C(=O)OCC)c1-c1cccc(-n2ccnc2)c1.Cl.Cl. The maximum absolute atomic E-state index is 12.8. The molecular formula is C22H25Cl2N3O4. The second-order valence-corrected chi connectivity index (χ2v) is 6.37. The van der Waals surface area contributed by atoms with Gasteiger partial charge in [0, 0.05) is 23.6 Å². The van der Waals surface area contributed by atoms with E-state index in [4.69, 9.17) is 9.47 Å². The van der Waals surface area contributed by atoms with Crippen molar-refractivity contribution in [3.05, 3.63) is 65.5 Å². The van der Waals surface area contributed by atoms with Crippen molar-refractivity contribution in [1.82, 2.24) is 14.5 Å². The van der Waals surface area contributed by atoms with Crippen LogP contribution in [0.2, 0.25) is 0 Å². The number of benzene rings is 1. The van der Waals surface area contributed by atoms with Crippen molar-refractivity contribution < 1.29 is 19.1 Å². The summed E-state index contributed by atoms with van der Waals surface area (Å²) in [5.74, 6) is -1.04. The van der Waals surface area contributed by atoms with Crippen LogP contribution < -0.4 is 0 Å². The lowest BCUT2D eigenvalue weighted by molar-refractivity contribution is 0.0525. The quantitative estimate of drug-likeness (QED) is 0.488. The highest BCUT2D eigenvalue weighted by Gasteiger charge is 2.27. The van der Waals surface area contributed by atoms with E-state index < -0.39 is 11.9 Å². The van der Waals surface area contributed by atoms with Crippen LogP contribution in [0.15, 0.2) is 43.0 Å². The smallest absolute Gasteiger partial charge is 0.340 e. The van der Waals surface area contributed by atoms with Crippen molar-refractivity contribution in [3.63, 3.8) is 0 Å². The molecule has 0 aliphatic carbocycles. The third kappa shape index (κ3) is 5.42. The molecule has 3 rings (SSSR count). The van der Waals surface area contributed by atoms with Crippen LogP contribution >= 0.6 is 24.8 Å². The Hall–Kier alpha value is -2.90. The van der Waals surface area contributed by atoms with Crippen LogP contribution in [0.4, 0.5) is 0 Å². The summed E-state index contributed by atoms with van der Waals surface area (Å²) < 4.78 is 12.4. The van der Waals surface area contributed by atoms with E-state index in [1.54, 1.807) is 40.2 Å². The molecule has 0 fully saturated rings. The molecule has 31 heavy (non-hydrogen) atoms. The van der Waals surface area contributed by atoms with Gasteiger partial charge in [-0.3, -0.25) is 4.98 Å². The second-order valence-electron chi connectivity index (χ2n) is 6.37. The van der Waals surface area contributed by atoms with Gasteiger partial charge in [-0.25, -0.2) is 14.6 Å². The summed E-state index contributed by atoms with van der Waals surface area (Å²) in [6.45, 7) is 7.38. The second kappa shape index (κ2) is 11.5. The summed E-state index contributed by atoms with van der Waals surface area (Å²) in [7, 11) is 0. The highest BCUT2D eigenvalue weighted by atomic mass is 35.5. The van der Waals surface area contributed by atoms with Gasteiger partial charge in [0.15, 0.2) is 0 Å². The zero-order valence-corrected chi connectivity index (χ0v) is 19.4. The number of imidazole rings is 1. The third-order valence-corrected chi connectivity index (χ3v) is 4.46. The van der Waals surface area contributed by atoms with Crippen LogP contribution in [0.1, 0.15) is 46.0 Å². The van der Waals surface area contributed by atoms with Crippen LogP contribution in [0.25, 0.3) is 16.8 Å². The van der Waals surface area contributed by atoms with Crippen LogP contribution in [0.5, 0.6) is 0 Å². The Morgan fingerprint density at radius 3 is 2.03 bits per heavy atom. The van der Waals surface area contributed by atoms with Gasteiger partial charge in [0.05, 0.1) is 42.1 Å². The van der Waals surface area contributed by atoms with Crippen molar-refractivity contribution in [2.75, 3.05) is 13.2 Å². The number of nitrogens with zero attached hydrogens (tertiary/aromatic N) is 3. The molecule has 0 bridgehead atoms. The molecule has 2 aromatic heterocycles. The highest BCUT2D eigenvalue weighted by molar-refractivity contribution is 6.07. The molecule has 0 saturated carbocycles. The largest absolute Gasteiger partial charge is 0.462 e. The Balaban J connectivity index is 0.00000240. The molecule has 0 amide bonds. The lowest BCUT2D eigenvalue weighted by Gasteiger charge is -2.18. The van der Waals surface area contributed by atoms with E-state index >= 15 is 0 Å². The fourth-order valence-electron chi connectivity index (χ4n) is 3.28. The van der Waals surface area contributed by atoms with Crippen molar-refractivity contribution in [1.29, 1.82) is 0 Å². The Kier molecular flexibility index (Phi) is 9.68. The van der Waals surface area contributed by atoms with Crippen LogP contribution in [-0.4, -0.2) is 39.7 Å². The molecule has 166 valence electrons. The number of carbonyl (C=O) groups excluding carboxylic acids is 2. The zero-order valence-electron chi connectivity index (χ0n) is 17.7. The van der Waals surface area contributed by atoms with Gasteiger partial charge in [0.25, 0.3) is 0 Å². The average Bonchev–Trinajstić information content (AvgIpc) is 3.22. The number of carbonyl (C=O) groups is 2. The van der Waals surface area contributed by atoms with Gasteiger partial charge in [-0.1, -0.05) is 12.1 Å². The van der Waals surface area contributed by atoms with E-state index in [0.29, 0.717) is 22.5 Å². The van der Waals surface area contributed by atoms with Crippen molar-refractivity contribution in [3.8, 4) is 16.8 Å². The summed E-state index contributed by atoms with van der Waals surface area (Å²) in [5, 5.41) is 0. The molecule has 0 radical (unpaired) electrons. The minimum Gasteiger partial charge on any atom is -0.462 e. The van der Waals surface area contributed by atoms with Crippen molar-refractivity contribution in [2.45, 2.75) is 27.7 Å². The van der Waals surface area contributed by atoms with Crippen LogP contribution in [0, 0.1) is 13.8 Å². The van der Waals surface area contributed by atoms with Gasteiger partial charge in [-0.05, 0) is 45.4 Å². The number of esters is 2. The number of hydrogen-bond acceptors (Lipinski definition) is 6. The monoisotopic (exact) mass is 465 g/mol. The highest BCUT2D eigenvalue weighted by Crippen LogP contribution is 2.33. The number of ether oxygens (including phenoxy) is 2. The first kappa shape index (κ1) is 26.1. The predicted octanol–water partition coefficient (Wildman–Crippen LogP) is 4.75. The van der Waals surface area contributed by atoms with Gasteiger partial charge < -0.3 is 14.0 Å². The number of pyridine rings is 1. The maximum atomic E-state index is 12.8. The average molecular weight is 466 g/mol. The Morgan fingerprint density at radius 2 is 1.55 bits per heavy atom. The topological polar surface area (TPSA) is 83.3 Å². The summed E-state index contributed by atoms with van der Waals surface area (Å²) >= 11 is 0. The van der Waals surface area contributed by atoms with Gasteiger partial charge in [0.2, 0.25) is 0 Å². The fraction of sp³-hybridized carbons (Fsp3) is 0.273. The Bertz CT molecular complexity index is 1010. The first-order valence-electron chi connectivity index (χ1n) is 9.42. The van der Waals surface area contributed by atoms with E-state index in [-0.39, 0.29) is 49.2 Å². The van der Waals surface area contributed by atoms with Gasteiger partial charge in [-0.15, -0.1) is 24.8 Å². The molecule has 0 aliphatic heterocycles. The summed E-state index contributed by atoms with van der Waals surface area (Å²) in [5.41, 5.74) is 3.53. The third-order valence-electron chi connectivity index (χ3n) is 4.46. The normalized spacial score (nSPS) is 9.94. The van der Waals surface area contributed by atoms with E-state index in [9.17, 15) is 9.59 Å². The molecule has 0 aliphatic rings. The molecule has 7 nitrogen and oxygen atoms in total. The number of halogens is 2. The standard InChI is InChI=1S/C22H23N3O4.2ClH/c1-5-28-21(26)18-14(3)24-15(4)19(22(27)29-6-2)20(18)16-8-7-9-17(12-16)25-11-10-23-13-25;;/h7-13H,5-6H2,1-4H3;2*1H. The molecule has 9 heteroatoms. The molecule has 0 saturated heterocycles. The lowest BCUT2D eigenvalue weighted by atomic mass is 9.92. The van der Waals surface area contributed by atoms with E-state index in [2.05, 4.69) is 9.97 Å². The molecule has 0 N–H and O–H groups in total. The minimum atomic E-state index is -0.522. The number of aryl methyl sites for hydroxylation is 2. The molecule has 0 unspecified atom stereocenters. The lowest BCUT2D eigenvalue weighted by Crippen LogP contribution is -2.17. The fourth-order valence-corrected chi connectivity index (χ4v) is 3.28. The molecular weight excluding hydrogens is 441 g/mol. The summed E-state index contributed by atoms with van der Waals surface area (Å²) in [6, 6.07) is 7.52. The molecule has 0 spiro atoms. The number of rotatable bonds is 6. The first-order chi connectivity index (χ1) is 14.0. The minimum absolute atomic E-state index is 0. The maximum Gasteiger partial charge on any atom is 0.340 e. The molecule has 0 atom stereocenters.